The first-order valence-corrected chi connectivity index (χ1v) is 9.17. The minimum absolute atomic E-state index is 0.943. The average molecular weight is 353 g/mol. The van der Waals surface area contributed by atoms with Gasteiger partial charge < -0.3 is 4.90 Å². The molecule has 0 amide bonds. The van der Waals surface area contributed by atoms with Crippen LogP contribution in [0.2, 0.25) is 0 Å². The van der Waals surface area contributed by atoms with E-state index in [0.29, 0.717) is 0 Å². The minimum Gasteiger partial charge on any atom is -0.378 e. The molecule has 1 aliphatic rings. The molecule has 0 aromatic heterocycles. The number of hydrogen-bond donors (Lipinski definition) is 1. The van der Waals surface area contributed by atoms with Crippen molar-refractivity contribution in [3.8, 4) is 0 Å². The van der Waals surface area contributed by atoms with E-state index in [1.54, 1.807) is 0 Å². The first-order valence-electron chi connectivity index (χ1n) is 9.17. The molecular formula is C24H23N3. The molecule has 0 fully saturated rings. The summed E-state index contributed by atoms with van der Waals surface area (Å²) in [5, 5.41) is 6.96. The van der Waals surface area contributed by atoms with E-state index in [1.165, 1.54) is 27.6 Å². The number of hydrazone groups is 1. The van der Waals surface area contributed by atoms with Gasteiger partial charge in [0, 0.05) is 25.4 Å². The first-order chi connectivity index (χ1) is 13.2. The quantitative estimate of drug-likeness (QED) is 0.483. The van der Waals surface area contributed by atoms with Crippen LogP contribution in [0.25, 0.3) is 16.3 Å². The van der Waals surface area contributed by atoms with Crippen LogP contribution in [-0.4, -0.2) is 25.2 Å². The van der Waals surface area contributed by atoms with Crippen molar-refractivity contribution in [3.05, 3.63) is 95.7 Å². The summed E-state index contributed by atoms with van der Waals surface area (Å²) < 4.78 is 0. The number of nitrogens with one attached hydrogen (secondary N) is 1. The van der Waals surface area contributed by atoms with E-state index in [0.717, 1.165) is 17.7 Å². The molecule has 3 aromatic carbocycles. The molecule has 0 aliphatic heterocycles. The van der Waals surface area contributed by atoms with E-state index in [9.17, 15) is 0 Å². The molecule has 3 nitrogen and oxygen atoms in total. The van der Waals surface area contributed by atoms with Crippen molar-refractivity contribution in [3.63, 3.8) is 0 Å². The number of likely N-dealkylation sites (N-methyl/N-ethyl adjacent to an activating group) is 1. The molecule has 0 bridgehead atoms. The van der Waals surface area contributed by atoms with Crippen LogP contribution in [0.15, 0.2) is 89.7 Å². The minimum atomic E-state index is 0.943. The van der Waals surface area contributed by atoms with Gasteiger partial charge in [-0.3, -0.25) is 5.43 Å². The number of rotatable bonds is 5. The Morgan fingerprint density at radius 3 is 2.48 bits per heavy atom. The van der Waals surface area contributed by atoms with Crippen molar-refractivity contribution in [2.45, 2.75) is 6.42 Å². The fourth-order valence-corrected chi connectivity index (χ4v) is 3.41. The summed E-state index contributed by atoms with van der Waals surface area (Å²) in [4.78, 5) is 2.15. The molecule has 0 saturated carbocycles. The molecule has 1 N–H and O–H groups in total. The molecule has 4 rings (SSSR count). The number of allylic oxidation sites excluding steroid dienone is 3. The van der Waals surface area contributed by atoms with Crippen molar-refractivity contribution >= 4 is 28.2 Å². The Labute approximate surface area is 160 Å². The lowest BCUT2D eigenvalue weighted by molar-refractivity contribution is 0.531. The molecule has 3 aromatic rings. The summed E-state index contributed by atoms with van der Waals surface area (Å²) in [6, 6.07) is 22.9. The lowest BCUT2D eigenvalue weighted by Gasteiger charge is -2.12. The molecular weight excluding hydrogens is 330 g/mol. The molecule has 0 heterocycles. The predicted molar refractivity (Wildman–Crippen MR) is 116 cm³/mol. The van der Waals surface area contributed by atoms with Gasteiger partial charge in [-0.25, -0.2) is 0 Å². The van der Waals surface area contributed by atoms with Crippen LogP contribution in [0.5, 0.6) is 0 Å². The van der Waals surface area contributed by atoms with E-state index < -0.39 is 0 Å². The SMILES string of the molecule is CN(C)C1=CCC(c2ccc3ccccc3c2/C=N/Nc2ccccc2)=C1. The van der Waals surface area contributed by atoms with Crippen LogP contribution in [0.4, 0.5) is 5.69 Å². The second-order valence-electron chi connectivity index (χ2n) is 6.88. The second kappa shape index (κ2) is 7.50. The summed E-state index contributed by atoms with van der Waals surface area (Å²) in [5.74, 6) is 0. The molecule has 0 saturated heterocycles. The van der Waals surface area contributed by atoms with Crippen molar-refractivity contribution < 1.29 is 0 Å². The number of para-hydroxylation sites is 1. The number of fused-ring (bicyclic) bond motifs is 1. The summed E-state index contributed by atoms with van der Waals surface area (Å²) in [5.41, 5.74) is 9.07. The molecule has 134 valence electrons. The summed E-state index contributed by atoms with van der Waals surface area (Å²) in [7, 11) is 4.16. The van der Waals surface area contributed by atoms with Crippen LogP contribution in [0.3, 0.4) is 0 Å². The Balaban J connectivity index is 1.74. The highest BCUT2D eigenvalue weighted by molar-refractivity contribution is 6.05. The summed E-state index contributed by atoms with van der Waals surface area (Å²) in [6.45, 7) is 0. The Kier molecular flexibility index (Phi) is 4.75. The van der Waals surface area contributed by atoms with Gasteiger partial charge in [0.15, 0.2) is 0 Å². The smallest absolute Gasteiger partial charge is 0.0561 e. The van der Waals surface area contributed by atoms with Crippen LogP contribution >= 0.6 is 0 Å². The number of nitrogens with zero attached hydrogens (tertiary/aromatic N) is 2. The second-order valence-corrected chi connectivity index (χ2v) is 6.88. The fourth-order valence-electron chi connectivity index (χ4n) is 3.41. The monoisotopic (exact) mass is 353 g/mol. The van der Waals surface area contributed by atoms with Gasteiger partial charge >= 0.3 is 0 Å². The summed E-state index contributed by atoms with van der Waals surface area (Å²) in [6.07, 6.45) is 7.43. The number of hydrogen-bond acceptors (Lipinski definition) is 3. The van der Waals surface area contributed by atoms with Gasteiger partial charge in [0.25, 0.3) is 0 Å². The van der Waals surface area contributed by atoms with Crippen LogP contribution in [0.1, 0.15) is 17.5 Å². The van der Waals surface area contributed by atoms with Crippen molar-refractivity contribution in [1.29, 1.82) is 0 Å². The topological polar surface area (TPSA) is 27.6 Å². The van der Waals surface area contributed by atoms with Crippen LogP contribution < -0.4 is 5.43 Å². The highest BCUT2D eigenvalue weighted by Crippen LogP contribution is 2.33. The van der Waals surface area contributed by atoms with Gasteiger partial charge in [0.2, 0.25) is 0 Å². The lowest BCUT2D eigenvalue weighted by Crippen LogP contribution is -2.07. The van der Waals surface area contributed by atoms with E-state index in [-0.39, 0.29) is 0 Å². The fraction of sp³-hybridized carbons (Fsp3) is 0.125. The van der Waals surface area contributed by atoms with Crippen molar-refractivity contribution in [1.82, 2.24) is 4.90 Å². The first kappa shape index (κ1) is 17.1. The van der Waals surface area contributed by atoms with Crippen LogP contribution in [-0.2, 0) is 0 Å². The summed E-state index contributed by atoms with van der Waals surface area (Å²) >= 11 is 0. The van der Waals surface area contributed by atoms with E-state index in [2.05, 4.69) is 78.1 Å². The molecule has 0 spiro atoms. The Morgan fingerprint density at radius 1 is 0.926 bits per heavy atom. The number of benzene rings is 3. The average Bonchev–Trinajstić information content (AvgIpc) is 3.19. The third-order valence-corrected chi connectivity index (χ3v) is 4.85. The predicted octanol–water partition coefficient (Wildman–Crippen LogP) is 5.52. The normalized spacial score (nSPS) is 13.7. The van der Waals surface area contributed by atoms with Crippen LogP contribution in [0, 0.1) is 0 Å². The third kappa shape index (κ3) is 3.63. The van der Waals surface area contributed by atoms with Gasteiger partial charge in [-0.05, 0) is 46.5 Å². The maximum atomic E-state index is 4.52. The zero-order chi connectivity index (χ0) is 18.6. The molecule has 0 atom stereocenters. The largest absolute Gasteiger partial charge is 0.378 e. The highest BCUT2D eigenvalue weighted by Gasteiger charge is 2.14. The molecule has 0 unspecified atom stereocenters. The van der Waals surface area contributed by atoms with Crippen molar-refractivity contribution in [2.75, 3.05) is 19.5 Å². The Hall–Kier alpha value is -3.33. The van der Waals surface area contributed by atoms with Gasteiger partial charge in [0.05, 0.1) is 11.9 Å². The maximum Gasteiger partial charge on any atom is 0.0561 e. The molecule has 3 heteroatoms. The molecule has 0 radical (unpaired) electrons. The third-order valence-electron chi connectivity index (χ3n) is 4.85. The van der Waals surface area contributed by atoms with Gasteiger partial charge in [-0.2, -0.15) is 5.10 Å². The maximum absolute atomic E-state index is 4.52. The molecule has 27 heavy (non-hydrogen) atoms. The Bertz CT molecular complexity index is 1040. The highest BCUT2D eigenvalue weighted by atomic mass is 15.3. The zero-order valence-electron chi connectivity index (χ0n) is 15.7. The molecule has 1 aliphatic carbocycles. The van der Waals surface area contributed by atoms with E-state index in [1.807, 2.05) is 36.5 Å². The van der Waals surface area contributed by atoms with E-state index in [4.69, 9.17) is 0 Å². The standard InChI is InChI=1S/C24H23N3/c1-27(2)21-14-12-19(16-21)23-15-13-18-8-6-7-11-22(18)24(23)17-25-26-20-9-4-3-5-10-20/h3-11,13-17,26H,12H2,1-2H3/b25-17+. The zero-order valence-corrected chi connectivity index (χ0v) is 15.7. The Morgan fingerprint density at radius 2 is 1.70 bits per heavy atom. The van der Waals surface area contributed by atoms with Gasteiger partial charge in [-0.1, -0.05) is 60.7 Å². The number of anilines is 1. The van der Waals surface area contributed by atoms with Gasteiger partial charge in [-0.15, -0.1) is 0 Å². The van der Waals surface area contributed by atoms with Gasteiger partial charge in [0.1, 0.15) is 0 Å². The lowest BCUT2D eigenvalue weighted by atomic mass is 9.94. The van der Waals surface area contributed by atoms with E-state index >= 15 is 0 Å². The van der Waals surface area contributed by atoms with Crippen molar-refractivity contribution in [2.24, 2.45) is 5.10 Å².